The summed E-state index contributed by atoms with van der Waals surface area (Å²) in [5, 5.41) is 17.0. The second-order valence-electron chi connectivity index (χ2n) is 3.47. The SMILES string of the molecule is CC(=O)CCC(=O)OC(=O)C(O)CO.CCOCC. The summed E-state index contributed by atoms with van der Waals surface area (Å²) < 4.78 is 8.95. The largest absolute Gasteiger partial charge is 0.393 e. The molecule has 0 bridgehead atoms. The van der Waals surface area contributed by atoms with Crippen LogP contribution >= 0.6 is 0 Å². The van der Waals surface area contributed by atoms with Crippen LogP contribution in [0, 0.1) is 0 Å². The van der Waals surface area contributed by atoms with Crippen molar-refractivity contribution in [2.75, 3.05) is 19.8 Å². The van der Waals surface area contributed by atoms with Crippen LogP contribution in [0.2, 0.25) is 0 Å². The molecular formula is C12H22O7. The molecule has 0 rings (SSSR count). The molecule has 0 amide bonds. The van der Waals surface area contributed by atoms with Crippen molar-refractivity contribution in [1.29, 1.82) is 0 Å². The average Bonchev–Trinajstić information content (AvgIpc) is 2.37. The van der Waals surface area contributed by atoms with Crippen LogP contribution < -0.4 is 0 Å². The summed E-state index contributed by atoms with van der Waals surface area (Å²) in [4.78, 5) is 31.9. The molecule has 0 spiro atoms. The predicted molar refractivity (Wildman–Crippen MR) is 66.3 cm³/mol. The van der Waals surface area contributed by atoms with Gasteiger partial charge in [0.25, 0.3) is 0 Å². The zero-order chi connectivity index (χ0) is 15.3. The number of Topliss-reactive ketones (excluding diaryl/α,β-unsaturated/α-hetero) is 1. The van der Waals surface area contributed by atoms with Crippen LogP contribution in [0.5, 0.6) is 0 Å². The molecule has 0 aliphatic rings. The Morgan fingerprint density at radius 2 is 1.63 bits per heavy atom. The summed E-state index contributed by atoms with van der Waals surface area (Å²) in [6.45, 7) is 6.16. The molecule has 112 valence electrons. The fourth-order valence-electron chi connectivity index (χ4n) is 0.788. The number of carbonyl (C=O) groups excluding carboxylic acids is 3. The Hall–Kier alpha value is -1.31. The van der Waals surface area contributed by atoms with E-state index < -0.39 is 24.6 Å². The molecule has 7 heteroatoms. The van der Waals surface area contributed by atoms with Gasteiger partial charge in [0.1, 0.15) is 5.78 Å². The van der Waals surface area contributed by atoms with E-state index in [0.29, 0.717) is 0 Å². The highest BCUT2D eigenvalue weighted by Crippen LogP contribution is 1.96. The summed E-state index contributed by atoms with van der Waals surface area (Å²) in [7, 11) is 0. The molecule has 0 fully saturated rings. The Morgan fingerprint density at radius 1 is 1.11 bits per heavy atom. The minimum absolute atomic E-state index is 0.0126. The predicted octanol–water partition coefficient (Wildman–Crippen LogP) is -0.179. The fourth-order valence-corrected chi connectivity index (χ4v) is 0.788. The van der Waals surface area contributed by atoms with Crippen LogP contribution in [0.3, 0.4) is 0 Å². The monoisotopic (exact) mass is 278 g/mol. The first-order valence-corrected chi connectivity index (χ1v) is 5.99. The quantitative estimate of drug-likeness (QED) is 0.491. The van der Waals surface area contributed by atoms with Crippen LogP contribution in [0.1, 0.15) is 33.6 Å². The minimum atomic E-state index is -1.71. The van der Waals surface area contributed by atoms with Gasteiger partial charge in [-0.25, -0.2) is 4.79 Å². The van der Waals surface area contributed by atoms with Crippen molar-refractivity contribution >= 4 is 17.7 Å². The van der Waals surface area contributed by atoms with E-state index in [1.807, 2.05) is 13.8 Å². The topological polar surface area (TPSA) is 110 Å². The summed E-state index contributed by atoms with van der Waals surface area (Å²) in [6.07, 6.45) is -1.93. The third-order valence-electron chi connectivity index (χ3n) is 1.75. The van der Waals surface area contributed by atoms with Crippen molar-refractivity contribution in [2.45, 2.75) is 39.7 Å². The third kappa shape index (κ3) is 14.6. The van der Waals surface area contributed by atoms with Gasteiger partial charge in [-0.3, -0.25) is 4.79 Å². The van der Waals surface area contributed by atoms with E-state index in [9.17, 15) is 14.4 Å². The van der Waals surface area contributed by atoms with E-state index in [-0.39, 0.29) is 18.6 Å². The molecule has 0 saturated carbocycles. The second kappa shape index (κ2) is 13.1. The van der Waals surface area contributed by atoms with Gasteiger partial charge in [-0.2, -0.15) is 0 Å². The van der Waals surface area contributed by atoms with Crippen LogP contribution in [0.25, 0.3) is 0 Å². The van der Waals surface area contributed by atoms with Gasteiger partial charge in [0.05, 0.1) is 13.0 Å². The first-order valence-electron chi connectivity index (χ1n) is 5.99. The number of hydrogen-bond acceptors (Lipinski definition) is 7. The molecule has 1 unspecified atom stereocenters. The van der Waals surface area contributed by atoms with Gasteiger partial charge in [-0.15, -0.1) is 0 Å². The summed E-state index contributed by atoms with van der Waals surface area (Å²) >= 11 is 0. The lowest BCUT2D eigenvalue weighted by Crippen LogP contribution is -2.28. The molecule has 1 atom stereocenters. The number of ketones is 1. The lowest BCUT2D eigenvalue weighted by molar-refractivity contribution is -0.167. The van der Waals surface area contributed by atoms with Gasteiger partial charge in [-0.1, -0.05) is 0 Å². The van der Waals surface area contributed by atoms with Crippen LogP contribution in [0.4, 0.5) is 0 Å². The van der Waals surface area contributed by atoms with Gasteiger partial charge in [0.15, 0.2) is 6.10 Å². The number of hydrogen-bond donors (Lipinski definition) is 2. The zero-order valence-electron chi connectivity index (χ0n) is 11.5. The number of rotatable bonds is 7. The Balaban J connectivity index is 0. The highest BCUT2D eigenvalue weighted by Gasteiger charge is 2.19. The number of ether oxygens (including phenoxy) is 2. The first-order chi connectivity index (χ1) is 8.88. The van der Waals surface area contributed by atoms with E-state index in [1.165, 1.54) is 6.92 Å². The third-order valence-corrected chi connectivity index (χ3v) is 1.75. The highest BCUT2D eigenvalue weighted by molar-refractivity contribution is 5.89. The average molecular weight is 278 g/mol. The molecule has 0 aromatic carbocycles. The molecule has 0 aromatic rings. The Morgan fingerprint density at radius 3 is 1.95 bits per heavy atom. The van der Waals surface area contributed by atoms with Crippen LogP contribution in [-0.2, 0) is 23.9 Å². The maximum absolute atomic E-state index is 10.8. The second-order valence-corrected chi connectivity index (χ2v) is 3.47. The summed E-state index contributed by atoms with van der Waals surface area (Å²) in [6, 6.07) is 0. The van der Waals surface area contributed by atoms with Crippen molar-refractivity contribution in [3.05, 3.63) is 0 Å². The lowest BCUT2D eigenvalue weighted by Gasteiger charge is -2.05. The van der Waals surface area contributed by atoms with Crippen molar-refractivity contribution in [2.24, 2.45) is 0 Å². The Bertz CT molecular complexity index is 273. The normalized spacial score (nSPS) is 11.0. The number of esters is 2. The molecule has 0 heterocycles. The van der Waals surface area contributed by atoms with Crippen molar-refractivity contribution in [3.63, 3.8) is 0 Å². The van der Waals surface area contributed by atoms with E-state index in [4.69, 9.17) is 14.9 Å². The molecule has 2 N–H and O–H groups in total. The van der Waals surface area contributed by atoms with E-state index in [2.05, 4.69) is 4.74 Å². The zero-order valence-corrected chi connectivity index (χ0v) is 11.5. The maximum atomic E-state index is 10.8. The van der Waals surface area contributed by atoms with Gasteiger partial charge in [0, 0.05) is 19.6 Å². The first kappa shape index (κ1) is 20.0. The molecule has 0 saturated heterocycles. The maximum Gasteiger partial charge on any atom is 0.345 e. The number of carbonyl (C=O) groups is 3. The molecule has 0 aliphatic heterocycles. The van der Waals surface area contributed by atoms with Crippen LogP contribution in [0.15, 0.2) is 0 Å². The van der Waals surface area contributed by atoms with Crippen molar-refractivity contribution in [3.8, 4) is 0 Å². The highest BCUT2D eigenvalue weighted by atomic mass is 16.6. The van der Waals surface area contributed by atoms with Crippen LogP contribution in [-0.4, -0.2) is 53.9 Å². The van der Waals surface area contributed by atoms with Crippen molar-refractivity contribution < 1.29 is 34.1 Å². The molecular weight excluding hydrogens is 256 g/mol. The van der Waals surface area contributed by atoms with Gasteiger partial charge in [-0.05, 0) is 20.8 Å². The lowest BCUT2D eigenvalue weighted by atomic mass is 10.2. The van der Waals surface area contributed by atoms with Gasteiger partial charge >= 0.3 is 11.9 Å². The summed E-state index contributed by atoms with van der Waals surface area (Å²) in [5.41, 5.74) is 0. The van der Waals surface area contributed by atoms with E-state index >= 15 is 0 Å². The number of aliphatic hydroxyl groups excluding tert-OH is 2. The Kier molecular flexibility index (Phi) is 13.8. The molecule has 7 nitrogen and oxygen atoms in total. The fraction of sp³-hybridized carbons (Fsp3) is 0.750. The molecule has 0 aliphatic carbocycles. The van der Waals surface area contributed by atoms with E-state index in [0.717, 1.165) is 13.2 Å². The Labute approximate surface area is 112 Å². The number of aliphatic hydroxyl groups is 2. The summed E-state index contributed by atoms with van der Waals surface area (Å²) in [5.74, 6) is -2.30. The standard InChI is InChI=1S/C8H12O6.C4H10O/c1-5(10)2-3-7(12)14-8(13)6(11)4-9;1-3-5-4-2/h6,9,11H,2-4H2,1H3;3-4H2,1-2H3. The molecule has 19 heavy (non-hydrogen) atoms. The molecule has 0 radical (unpaired) electrons. The van der Waals surface area contributed by atoms with Crippen molar-refractivity contribution in [1.82, 2.24) is 0 Å². The minimum Gasteiger partial charge on any atom is -0.393 e. The molecule has 0 aromatic heterocycles. The van der Waals surface area contributed by atoms with Gasteiger partial charge in [0.2, 0.25) is 0 Å². The van der Waals surface area contributed by atoms with Gasteiger partial charge < -0.3 is 24.5 Å². The van der Waals surface area contributed by atoms with E-state index in [1.54, 1.807) is 0 Å². The smallest absolute Gasteiger partial charge is 0.345 e.